The van der Waals surface area contributed by atoms with Crippen LogP contribution < -0.4 is 14.8 Å². The highest BCUT2D eigenvalue weighted by molar-refractivity contribution is 6.31. The van der Waals surface area contributed by atoms with Crippen molar-refractivity contribution in [3.05, 3.63) is 58.6 Å². The monoisotopic (exact) mass is 391 g/mol. The van der Waals surface area contributed by atoms with Crippen molar-refractivity contribution < 1.29 is 14.2 Å². The van der Waals surface area contributed by atoms with Crippen molar-refractivity contribution in [3.8, 4) is 11.5 Å². The maximum Gasteiger partial charge on any atom is 0.163 e. The molecular formula is C22H30ClNO3. The molecule has 5 heteroatoms. The lowest BCUT2D eigenvalue weighted by Crippen LogP contribution is -2.17. The first-order valence-corrected chi connectivity index (χ1v) is 9.94. The zero-order chi connectivity index (χ0) is 19.3. The molecule has 0 atom stereocenters. The minimum atomic E-state index is 0.475. The lowest BCUT2D eigenvalue weighted by molar-refractivity contribution is 0.129. The number of hydrogen-bond acceptors (Lipinski definition) is 4. The summed E-state index contributed by atoms with van der Waals surface area (Å²) in [6.07, 6.45) is 3.28. The van der Waals surface area contributed by atoms with Crippen LogP contribution in [-0.2, 0) is 17.9 Å². The molecule has 0 saturated heterocycles. The highest BCUT2D eigenvalue weighted by Crippen LogP contribution is 2.33. The number of halogens is 1. The molecule has 2 rings (SSSR count). The number of methoxy groups -OCH3 is 1. The van der Waals surface area contributed by atoms with E-state index in [-0.39, 0.29) is 0 Å². The van der Waals surface area contributed by atoms with Gasteiger partial charge in [0.25, 0.3) is 0 Å². The Bertz CT molecular complexity index is 664. The Hall–Kier alpha value is -1.75. The van der Waals surface area contributed by atoms with Gasteiger partial charge < -0.3 is 19.5 Å². The van der Waals surface area contributed by atoms with Crippen molar-refractivity contribution in [2.45, 2.75) is 39.3 Å². The molecule has 0 amide bonds. The number of hydrogen-bond donors (Lipinski definition) is 1. The molecule has 148 valence electrons. The lowest BCUT2D eigenvalue weighted by Gasteiger charge is -2.14. The number of unbranched alkanes of at least 4 members (excludes halogenated alkanes) is 1. The fourth-order valence-electron chi connectivity index (χ4n) is 2.59. The van der Waals surface area contributed by atoms with Crippen LogP contribution in [0.2, 0.25) is 5.02 Å². The normalized spacial score (nSPS) is 10.8. The fourth-order valence-corrected chi connectivity index (χ4v) is 2.81. The van der Waals surface area contributed by atoms with Gasteiger partial charge in [-0.25, -0.2) is 0 Å². The summed E-state index contributed by atoms with van der Waals surface area (Å²) in [5.74, 6) is 1.34. The molecule has 2 aromatic rings. The van der Waals surface area contributed by atoms with E-state index in [9.17, 15) is 0 Å². The summed E-state index contributed by atoms with van der Waals surface area (Å²) in [5.41, 5.74) is 2.09. The second-order valence-corrected chi connectivity index (χ2v) is 6.77. The zero-order valence-corrected chi connectivity index (χ0v) is 17.1. The summed E-state index contributed by atoms with van der Waals surface area (Å²) >= 11 is 6.44. The number of rotatable bonds is 13. The van der Waals surface area contributed by atoms with Crippen LogP contribution in [0.4, 0.5) is 0 Å². The van der Waals surface area contributed by atoms with Gasteiger partial charge in [0.05, 0.1) is 7.11 Å². The van der Waals surface area contributed by atoms with Crippen LogP contribution in [0.25, 0.3) is 0 Å². The van der Waals surface area contributed by atoms with E-state index in [0.29, 0.717) is 29.7 Å². The largest absolute Gasteiger partial charge is 0.493 e. The minimum Gasteiger partial charge on any atom is -0.493 e. The van der Waals surface area contributed by atoms with E-state index >= 15 is 0 Å². The smallest absolute Gasteiger partial charge is 0.163 e. The molecule has 0 heterocycles. The van der Waals surface area contributed by atoms with Crippen molar-refractivity contribution in [2.24, 2.45) is 0 Å². The van der Waals surface area contributed by atoms with Crippen molar-refractivity contribution >= 4 is 11.6 Å². The van der Waals surface area contributed by atoms with E-state index in [4.69, 9.17) is 25.8 Å². The first kappa shape index (κ1) is 21.5. The Balaban J connectivity index is 1.82. The van der Waals surface area contributed by atoms with Gasteiger partial charge in [-0.05, 0) is 36.6 Å². The molecule has 0 spiro atoms. The molecule has 0 saturated carbocycles. The third-order valence-corrected chi connectivity index (χ3v) is 4.52. The predicted octanol–water partition coefficient (Wildman–Crippen LogP) is 5.22. The first-order valence-electron chi connectivity index (χ1n) is 9.56. The van der Waals surface area contributed by atoms with E-state index in [1.807, 2.05) is 42.5 Å². The topological polar surface area (TPSA) is 39.7 Å². The summed E-state index contributed by atoms with van der Waals surface area (Å²) in [5, 5.41) is 4.07. The maximum atomic E-state index is 6.44. The molecule has 1 N–H and O–H groups in total. The van der Waals surface area contributed by atoms with Gasteiger partial charge in [-0.2, -0.15) is 0 Å². The minimum absolute atomic E-state index is 0.475. The second kappa shape index (κ2) is 12.6. The molecule has 0 bridgehead atoms. The van der Waals surface area contributed by atoms with E-state index in [1.54, 1.807) is 7.11 Å². The van der Waals surface area contributed by atoms with Gasteiger partial charge in [0, 0.05) is 30.8 Å². The van der Waals surface area contributed by atoms with Crippen molar-refractivity contribution in [1.29, 1.82) is 0 Å². The van der Waals surface area contributed by atoms with Crippen LogP contribution in [0, 0.1) is 0 Å². The van der Waals surface area contributed by atoms with Gasteiger partial charge in [-0.15, -0.1) is 0 Å². The first-order chi connectivity index (χ1) is 13.2. The van der Waals surface area contributed by atoms with E-state index in [1.165, 1.54) is 6.42 Å². The zero-order valence-electron chi connectivity index (χ0n) is 16.3. The van der Waals surface area contributed by atoms with Crippen LogP contribution in [0.3, 0.4) is 0 Å². The Labute approximate surface area is 167 Å². The molecular weight excluding hydrogens is 362 g/mol. The van der Waals surface area contributed by atoms with E-state index < -0.39 is 0 Å². The van der Waals surface area contributed by atoms with Gasteiger partial charge >= 0.3 is 0 Å². The summed E-state index contributed by atoms with van der Waals surface area (Å²) in [6.45, 7) is 5.85. The Kier molecular flexibility index (Phi) is 10.1. The summed E-state index contributed by atoms with van der Waals surface area (Å²) in [7, 11) is 1.64. The molecule has 0 aromatic heterocycles. The van der Waals surface area contributed by atoms with E-state index in [0.717, 1.165) is 43.7 Å². The molecule has 0 aliphatic heterocycles. The van der Waals surface area contributed by atoms with Crippen molar-refractivity contribution in [2.75, 3.05) is 26.9 Å². The van der Waals surface area contributed by atoms with Gasteiger partial charge in [-0.1, -0.05) is 55.3 Å². The van der Waals surface area contributed by atoms with Crippen molar-refractivity contribution in [3.63, 3.8) is 0 Å². The number of nitrogens with one attached hydrogen (secondary N) is 1. The molecule has 0 aliphatic rings. The van der Waals surface area contributed by atoms with E-state index in [2.05, 4.69) is 12.2 Å². The van der Waals surface area contributed by atoms with Crippen LogP contribution in [0.5, 0.6) is 11.5 Å². The van der Waals surface area contributed by atoms with Crippen LogP contribution in [0.1, 0.15) is 37.3 Å². The maximum absolute atomic E-state index is 6.44. The summed E-state index contributed by atoms with van der Waals surface area (Å²) in [6, 6.07) is 13.8. The number of ether oxygens (including phenoxy) is 3. The Morgan fingerprint density at radius 2 is 1.78 bits per heavy atom. The Morgan fingerprint density at radius 3 is 2.52 bits per heavy atom. The van der Waals surface area contributed by atoms with Crippen molar-refractivity contribution in [1.82, 2.24) is 5.32 Å². The van der Waals surface area contributed by atoms with Crippen LogP contribution in [-0.4, -0.2) is 26.9 Å². The molecule has 27 heavy (non-hydrogen) atoms. The van der Waals surface area contributed by atoms with Gasteiger partial charge in [0.2, 0.25) is 0 Å². The van der Waals surface area contributed by atoms with Crippen LogP contribution in [0.15, 0.2) is 42.5 Å². The van der Waals surface area contributed by atoms with Gasteiger partial charge in [0.1, 0.15) is 6.61 Å². The molecule has 0 radical (unpaired) electrons. The van der Waals surface area contributed by atoms with Gasteiger partial charge in [0.15, 0.2) is 11.5 Å². The molecule has 0 aliphatic carbocycles. The molecule has 0 fully saturated rings. The highest BCUT2D eigenvalue weighted by Gasteiger charge is 2.11. The highest BCUT2D eigenvalue weighted by atomic mass is 35.5. The Morgan fingerprint density at radius 1 is 1.00 bits per heavy atom. The average Bonchev–Trinajstić information content (AvgIpc) is 2.70. The lowest BCUT2D eigenvalue weighted by atomic mass is 10.2. The SMILES string of the molecule is CCCCOCCCNCc1cc(OC)c(OCc2ccccc2)cc1Cl. The number of benzene rings is 2. The fraction of sp³-hybridized carbons (Fsp3) is 0.455. The predicted molar refractivity (Wildman–Crippen MR) is 111 cm³/mol. The summed E-state index contributed by atoms with van der Waals surface area (Å²) in [4.78, 5) is 0. The summed E-state index contributed by atoms with van der Waals surface area (Å²) < 4.78 is 16.9. The molecule has 0 unspecified atom stereocenters. The van der Waals surface area contributed by atoms with Gasteiger partial charge in [-0.3, -0.25) is 0 Å². The third kappa shape index (κ3) is 7.79. The van der Waals surface area contributed by atoms with Crippen LogP contribution >= 0.6 is 11.6 Å². The average molecular weight is 392 g/mol. The quantitative estimate of drug-likeness (QED) is 0.475. The molecule has 2 aromatic carbocycles. The third-order valence-electron chi connectivity index (χ3n) is 4.17. The standard InChI is InChI=1S/C22H30ClNO3/c1-3-4-12-26-13-8-11-24-16-19-14-21(25-2)22(15-20(19)23)27-17-18-9-6-5-7-10-18/h5-7,9-10,14-15,24H,3-4,8,11-13,16-17H2,1-2H3. The second-order valence-electron chi connectivity index (χ2n) is 6.37. The molecule has 4 nitrogen and oxygen atoms in total.